The van der Waals surface area contributed by atoms with Crippen molar-refractivity contribution in [2.75, 3.05) is 13.1 Å². The van der Waals surface area contributed by atoms with Crippen molar-refractivity contribution < 1.29 is 9.18 Å². The summed E-state index contributed by atoms with van der Waals surface area (Å²) in [5, 5.41) is 4.51. The van der Waals surface area contributed by atoms with Gasteiger partial charge in [0, 0.05) is 19.1 Å². The van der Waals surface area contributed by atoms with Crippen LogP contribution in [0.15, 0.2) is 24.3 Å². The van der Waals surface area contributed by atoms with Gasteiger partial charge in [0.25, 0.3) is 5.91 Å². The number of likely N-dealkylation sites (tertiary alicyclic amines) is 1. The van der Waals surface area contributed by atoms with Crippen LogP contribution in [0.1, 0.15) is 34.6 Å². The molecule has 1 aliphatic heterocycles. The Hall–Kier alpha value is -1.92. The van der Waals surface area contributed by atoms with Crippen LogP contribution < -0.4 is 5.73 Å². The molecule has 1 saturated heterocycles. The molecule has 3 unspecified atom stereocenters. The number of fused-ring (bicyclic) bond motifs is 1. The van der Waals surface area contributed by atoms with Crippen LogP contribution in [0.3, 0.4) is 0 Å². The van der Waals surface area contributed by atoms with Crippen molar-refractivity contribution in [3.05, 3.63) is 47.0 Å². The molecule has 26 heavy (non-hydrogen) atoms. The van der Waals surface area contributed by atoms with E-state index in [2.05, 4.69) is 5.10 Å². The lowest BCUT2D eigenvalue weighted by Crippen LogP contribution is -2.34. The summed E-state index contributed by atoms with van der Waals surface area (Å²) in [5.41, 5.74) is 9.08. The van der Waals surface area contributed by atoms with Crippen LogP contribution in [0.25, 0.3) is 5.69 Å². The van der Waals surface area contributed by atoms with Gasteiger partial charge in [-0.15, -0.1) is 12.4 Å². The molecule has 1 aliphatic carbocycles. The maximum Gasteiger partial charge on any atom is 0.257 e. The largest absolute Gasteiger partial charge is 0.338 e. The quantitative estimate of drug-likeness (QED) is 0.873. The number of nitrogens with two attached hydrogens (primary N) is 1. The Balaban J connectivity index is 0.00000196. The first-order chi connectivity index (χ1) is 12.0. The summed E-state index contributed by atoms with van der Waals surface area (Å²) in [6.45, 7) is 5.27. The molecule has 2 aliphatic rings. The zero-order valence-electron chi connectivity index (χ0n) is 15.0. The number of nitrogens with zero attached hydrogens (tertiary/aromatic N) is 3. The summed E-state index contributed by atoms with van der Waals surface area (Å²) in [5.74, 6) is 0.704. The standard InChI is InChI=1S/C19H23FN4O.ClH/c1-11-18(12(2)24(22-11)15-6-4-14(20)5-7-15)19(25)23-9-13-3-8-17(21)16(13)10-23;/h4-7,13,16-17H,3,8-10,21H2,1-2H3;1H. The van der Waals surface area contributed by atoms with Gasteiger partial charge in [0.2, 0.25) is 0 Å². The monoisotopic (exact) mass is 378 g/mol. The van der Waals surface area contributed by atoms with Crippen LogP contribution in [0, 0.1) is 31.5 Å². The molecule has 2 aromatic rings. The third-order valence-electron chi connectivity index (χ3n) is 5.78. The second-order valence-corrected chi connectivity index (χ2v) is 7.31. The lowest BCUT2D eigenvalue weighted by atomic mass is 9.98. The highest BCUT2D eigenvalue weighted by Gasteiger charge is 2.43. The highest BCUT2D eigenvalue weighted by molar-refractivity contribution is 5.96. The average Bonchev–Trinajstić information content (AvgIpc) is 3.23. The van der Waals surface area contributed by atoms with Gasteiger partial charge in [-0.25, -0.2) is 9.07 Å². The molecule has 7 heteroatoms. The first kappa shape index (κ1) is 18.9. The van der Waals surface area contributed by atoms with Gasteiger partial charge in [0.15, 0.2) is 0 Å². The first-order valence-electron chi connectivity index (χ1n) is 8.82. The van der Waals surface area contributed by atoms with Crippen molar-refractivity contribution in [1.29, 1.82) is 0 Å². The van der Waals surface area contributed by atoms with Crippen LogP contribution in [-0.2, 0) is 0 Å². The summed E-state index contributed by atoms with van der Waals surface area (Å²) < 4.78 is 14.9. The van der Waals surface area contributed by atoms with Crippen molar-refractivity contribution in [1.82, 2.24) is 14.7 Å². The predicted molar refractivity (Wildman–Crippen MR) is 100 cm³/mol. The van der Waals surface area contributed by atoms with Gasteiger partial charge in [-0.3, -0.25) is 4.79 Å². The fraction of sp³-hybridized carbons (Fsp3) is 0.474. The van der Waals surface area contributed by atoms with Gasteiger partial charge in [-0.1, -0.05) is 0 Å². The van der Waals surface area contributed by atoms with Gasteiger partial charge in [-0.05, 0) is 62.8 Å². The number of amides is 1. The second-order valence-electron chi connectivity index (χ2n) is 7.31. The molecule has 5 nitrogen and oxygen atoms in total. The Bertz CT molecular complexity index is 820. The van der Waals surface area contributed by atoms with Crippen molar-refractivity contribution in [3.8, 4) is 5.69 Å². The number of rotatable bonds is 2. The van der Waals surface area contributed by atoms with Crippen molar-refractivity contribution in [2.45, 2.75) is 32.7 Å². The van der Waals surface area contributed by atoms with E-state index in [0.717, 1.165) is 37.3 Å². The van der Waals surface area contributed by atoms with Gasteiger partial charge in [0.05, 0.1) is 22.6 Å². The summed E-state index contributed by atoms with van der Waals surface area (Å²) >= 11 is 0. The molecule has 2 N–H and O–H groups in total. The highest BCUT2D eigenvalue weighted by Crippen LogP contribution is 2.38. The molecule has 2 heterocycles. The Morgan fingerprint density at radius 1 is 1.19 bits per heavy atom. The Morgan fingerprint density at radius 2 is 1.88 bits per heavy atom. The summed E-state index contributed by atoms with van der Waals surface area (Å²) in [4.78, 5) is 15.0. The van der Waals surface area contributed by atoms with Crippen LogP contribution >= 0.6 is 12.4 Å². The Labute approximate surface area is 158 Å². The minimum Gasteiger partial charge on any atom is -0.338 e. The van der Waals surface area contributed by atoms with Crippen LogP contribution in [0.5, 0.6) is 0 Å². The number of halogens is 2. The lowest BCUT2D eigenvalue weighted by molar-refractivity contribution is 0.0778. The lowest BCUT2D eigenvalue weighted by Gasteiger charge is -2.19. The SMILES string of the molecule is Cc1nn(-c2ccc(F)cc2)c(C)c1C(=O)N1CC2CCC(N)C2C1.Cl. The van der Waals surface area contributed by atoms with Gasteiger partial charge in [0.1, 0.15) is 5.82 Å². The zero-order valence-corrected chi connectivity index (χ0v) is 15.8. The number of carbonyl (C=O) groups is 1. The number of hydrogen-bond donors (Lipinski definition) is 1. The number of aromatic nitrogens is 2. The molecular weight excluding hydrogens is 355 g/mol. The van der Waals surface area contributed by atoms with E-state index in [9.17, 15) is 9.18 Å². The third-order valence-corrected chi connectivity index (χ3v) is 5.78. The Kier molecular flexibility index (Phi) is 5.08. The fourth-order valence-corrected chi connectivity index (χ4v) is 4.42. The number of benzene rings is 1. The normalized spacial score (nSPS) is 24.5. The zero-order chi connectivity index (χ0) is 17.7. The molecule has 1 saturated carbocycles. The smallest absolute Gasteiger partial charge is 0.257 e. The van der Waals surface area contributed by atoms with Crippen LogP contribution in [0.4, 0.5) is 4.39 Å². The van der Waals surface area contributed by atoms with Gasteiger partial charge in [-0.2, -0.15) is 5.10 Å². The first-order valence-corrected chi connectivity index (χ1v) is 8.82. The van der Waals surface area contributed by atoms with Crippen molar-refractivity contribution in [3.63, 3.8) is 0 Å². The molecule has 2 fully saturated rings. The van der Waals surface area contributed by atoms with E-state index in [4.69, 9.17) is 5.73 Å². The van der Waals surface area contributed by atoms with E-state index in [0.29, 0.717) is 23.1 Å². The van der Waals surface area contributed by atoms with E-state index in [1.807, 2.05) is 18.7 Å². The highest BCUT2D eigenvalue weighted by atomic mass is 35.5. The van der Waals surface area contributed by atoms with E-state index < -0.39 is 0 Å². The Morgan fingerprint density at radius 3 is 2.54 bits per heavy atom. The molecular formula is C19H24ClFN4O. The van der Waals surface area contributed by atoms with Crippen LogP contribution in [0.2, 0.25) is 0 Å². The molecule has 4 rings (SSSR count). The van der Waals surface area contributed by atoms with E-state index in [1.165, 1.54) is 12.1 Å². The molecule has 0 spiro atoms. The minimum atomic E-state index is -0.290. The van der Waals surface area contributed by atoms with E-state index in [1.54, 1.807) is 16.8 Å². The second kappa shape index (κ2) is 7.00. The summed E-state index contributed by atoms with van der Waals surface area (Å²) in [7, 11) is 0. The minimum absolute atomic E-state index is 0. The van der Waals surface area contributed by atoms with Gasteiger partial charge >= 0.3 is 0 Å². The summed E-state index contributed by atoms with van der Waals surface area (Å²) in [6.07, 6.45) is 2.18. The predicted octanol–water partition coefficient (Wildman–Crippen LogP) is 2.86. The molecule has 0 radical (unpaired) electrons. The topological polar surface area (TPSA) is 64.2 Å². The van der Waals surface area contributed by atoms with Gasteiger partial charge < -0.3 is 10.6 Å². The number of aryl methyl sites for hydroxylation is 1. The fourth-order valence-electron chi connectivity index (χ4n) is 4.42. The molecule has 3 atom stereocenters. The summed E-state index contributed by atoms with van der Waals surface area (Å²) in [6, 6.07) is 6.35. The van der Waals surface area contributed by atoms with Crippen molar-refractivity contribution >= 4 is 18.3 Å². The molecule has 1 aromatic carbocycles. The third kappa shape index (κ3) is 3.01. The maximum atomic E-state index is 13.2. The average molecular weight is 379 g/mol. The number of carbonyl (C=O) groups excluding carboxylic acids is 1. The molecule has 1 amide bonds. The molecule has 1 aromatic heterocycles. The molecule has 0 bridgehead atoms. The number of hydrogen-bond acceptors (Lipinski definition) is 3. The van der Waals surface area contributed by atoms with E-state index in [-0.39, 0.29) is 30.2 Å². The molecule has 140 valence electrons. The maximum absolute atomic E-state index is 13.2. The van der Waals surface area contributed by atoms with Crippen molar-refractivity contribution in [2.24, 2.45) is 17.6 Å². The van der Waals surface area contributed by atoms with Crippen LogP contribution in [-0.4, -0.2) is 39.7 Å². The van der Waals surface area contributed by atoms with E-state index >= 15 is 0 Å².